The molecule has 0 N–H and O–H groups in total. The normalized spacial score (nSPS) is 14.3. The molecule has 0 aliphatic carbocycles. The number of rotatable bonds is 7. The smallest absolute Gasteiger partial charge is 0.289 e. The van der Waals surface area contributed by atoms with Crippen molar-refractivity contribution in [1.29, 1.82) is 0 Å². The lowest BCUT2D eigenvalue weighted by Gasteiger charge is -2.34. The number of carbonyl (C=O) groups is 1. The number of furan rings is 1. The van der Waals surface area contributed by atoms with Crippen molar-refractivity contribution in [3.05, 3.63) is 90.0 Å². The fourth-order valence-electron chi connectivity index (χ4n) is 4.26. The molecule has 0 unspecified atom stereocenters. The third kappa shape index (κ3) is 4.75. The van der Waals surface area contributed by atoms with Crippen molar-refractivity contribution < 1.29 is 18.7 Å². The minimum absolute atomic E-state index is 0.0879. The Hall–Kier alpha value is -3.84. The van der Waals surface area contributed by atoms with E-state index in [-0.39, 0.29) is 12.5 Å². The first kappa shape index (κ1) is 22.0. The second kappa shape index (κ2) is 9.97. The number of para-hydroxylation sites is 3. The van der Waals surface area contributed by atoms with E-state index in [1.54, 1.807) is 19.2 Å². The number of aromatic nitrogens is 1. The van der Waals surface area contributed by atoms with E-state index in [2.05, 4.69) is 34.1 Å². The van der Waals surface area contributed by atoms with Crippen LogP contribution in [-0.2, 0) is 13.2 Å². The Balaban J connectivity index is 1.16. The highest BCUT2D eigenvalue weighted by Crippen LogP contribution is 2.27. The topological polar surface area (TPSA) is 68.0 Å². The first-order valence-electron chi connectivity index (χ1n) is 11.4. The van der Waals surface area contributed by atoms with Gasteiger partial charge in [-0.2, -0.15) is 0 Å². The van der Waals surface area contributed by atoms with Gasteiger partial charge in [-0.15, -0.1) is 0 Å². The summed E-state index contributed by atoms with van der Waals surface area (Å²) < 4.78 is 16.9. The summed E-state index contributed by atoms with van der Waals surface area (Å²) >= 11 is 0. The molecule has 1 aliphatic rings. The molecular formula is C27H27N3O4. The first-order valence-corrected chi connectivity index (χ1v) is 11.4. The van der Waals surface area contributed by atoms with E-state index >= 15 is 0 Å². The Kier molecular flexibility index (Phi) is 6.44. The summed E-state index contributed by atoms with van der Waals surface area (Å²) in [5.74, 6) is 2.13. The third-order valence-electron chi connectivity index (χ3n) is 6.08. The van der Waals surface area contributed by atoms with E-state index in [1.165, 1.54) is 5.56 Å². The summed E-state index contributed by atoms with van der Waals surface area (Å²) in [6.07, 6.45) is 1.83. The van der Waals surface area contributed by atoms with Crippen molar-refractivity contribution in [2.45, 2.75) is 13.2 Å². The maximum Gasteiger partial charge on any atom is 0.289 e. The van der Waals surface area contributed by atoms with Crippen LogP contribution in [0.15, 0.2) is 77.3 Å². The molecule has 7 heteroatoms. The second-order valence-electron chi connectivity index (χ2n) is 8.27. The number of piperazine rings is 1. The van der Waals surface area contributed by atoms with E-state index in [9.17, 15) is 4.79 Å². The average molecular weight is 458 g/mol. The number of carbonyl (C=O) groups excluding carboxylic acids is 1. The molecule has 2 aromatic carbocycles. The molecule has 2 aromatic heterocycles. The fourth-order valence-corrected chi connectivity index (χ4v) is 4.26. The van der Waals surface area contributed by atoms with Crippen LogP contribution in [0, 0.1) is 0 Å². The largest absolute Gasteiger partial charge is 0.493 e. The van der Waals surface area contributed by atoms with Gasteiger partial charge in [0, 0.05) is 44.3 Å². The van der Waals surface area contributed by atoms with Crippen LogP contribution in [0.5, 0.6) is 11.5 Å². The van der Waals surface area contributed by atoms with E-state index in [1.807, 2.05) is 41.4 Å². The number of ether oxygens (including phenoxy) is 2. The summed E-state index contributed by atoms with van der Waals surface area (Å²) in [5.41, 5.74) is 2.26. The Morgan fingerprint density at radius 1 is 0.941 bits per heavy atom. The van der Waals surface area contributed by atoms with E-state index in [4.69, 9.17) is 13.9 Å². The number of hydrogen-bond donors (Lipinski definition) is 0. The number of hydrogen-bond acceptors (Lipinski definition) is 6. The molecule has 34 heavy (non-hydrogen) atoms. The van der Waals surface area contributed by atoms with Gasteiger partial charge < -0.3 is 18.8 Å². The van der Waals surface area contributed by atoms with Gasteiger partial charge in [0.15, 0.2) is 17.3 Å². The minimum atomic E-state index is -0.0879. The summed E-state index contributed by atoms with van der Waals surface area (Å²) in [6, 6.07) is 21.3. The minimum Gasteiger partial charge on any atom is -0.493 e. The van der Waals surface area contributed by atoms with Gasteiger partial charge in [0.2, 0.25) is 0 Å². The van der Waals surface area contributed by atoms with Crippen molar-refractivity contribution in [3.8, 4) is 11.5 Å². The summed E-state index contributed by atoms with van der Waals surface area (Å²) in [7, 11) is 1.60. The maximum atomic E-state index is 13.0. The Morgan fingerprint density at radius 2 is 1.74 bits per heavy atom. The number of fused-ring (bicyclic) bond motifs is 1. The third-order valence-corrected chi connectivity index (χ3v) is 6.08. The molecule has 0 atom stereocenters. The van der Waals surface area contributed by atoms with Crippen LogP contribution in [0.3, 0.4) is 0 Å². The van der Waals surface area contributed by atoms with Crippen molar-refractivity contribution in [3.63, 3.8) is 0 Å². The second-order valence-corrected chi connectivity index (χ2v) is 8.27. The standard InChI is InChI=1S/C27H27N3O4/c1-32-23-9-2-3-10-24(23)33-19-22-11-12-25(34-22)27(31)30-16-14-29(15-17-30)18-21-7-4-6-20-8-5-13-28-26(20)21/h2-13H,14-19H2,1H3. The SMILES string of the molecule is COc1ccccc1OCc1ccc(C(=O)N2CCN(Cc3cccc4cccnc34)CC2)o1. The molecule has 1 aliphatic heterocycles. The van der Waals surface area contributed by atoms with E-state index in [0.29, 0.717) is 36.1 Å². The van der Waals surface area contributed by atoms with Crippen molar-refractivity contribution in [1.82, 2.24) is 14.8 Å². The molecule has 4 aromatic rings. The van der Waals surface area contributed by atoms with Gasteiger partial charge in [-0.25, -0.2) is 0 Å². The molecule has 7 nitrogen and oxygen atoms in total. The van der Waals surface area contributed by atoms with Crippen LogP contribution in [-0.4, -0.2) is 54.0 Å². The van der Waals surface area contributed by atoms with Gasteiger partial charge in [0.25, 0.3) is 5.91 Å². The quantitative estimate of drug-likeness (QED) is 0.411. The lowest BCUT2D eigenvalue weighted by Crippen LogP contribution is -2.48. The zero-order valence-corrected chi connectivity index (χ0v) is 19.1. The van der Waals surface area contributed by atoms with E-state index in [0.717, 1.165) is 30.5 Å². The Labute approximate surface area is 198 Å². The number of methoxy groups -OCH3 is 1. The van der Waals surface area contributed by atoms with Gasteiger partial charge in [0.1, 0.15) is 12.4 Å². The van der Waals surface area contributed by atoms with Gasteiger partial charge in [-0.3, -0.25) is 14.7 Å². The van der Waals surface area contributed by atoms with Crippen molar-refractivity contribution >= 4 is 16.8 Å². The van der Waals surface area contributed by atoms with Crippen molar-refractivity contribution in [2.75, 3.05) is 33.3 Å². The lowest BCUT2D eigenvalue weighted by molar-refractivity contribution is 0.0594. The highest BCUT2D eigenvalue weighted by atomic mass is 16.5. The van der Waals surface area contributed by atoms with Gasteiger partial charge in [0.05, 0.1) is 12.6 Å². The molecule has 174 valence electrons. The number of amides is 1. The summed E-state index contributed by atoms with van der Waals surface area (Å²) in [4.78, 5) is 21.7. The molecule has 1 fully saturated rings. The first-order chi connectivity index (χ1) is 16.7. The molecule has 0 radical (unpaired) electrons. The number of benzene rings is 2. The Morgan fingerprint density at radius 3 is 2.56 bits per heavy atom. The van der Waals surface area contributed by atoms with Gasteiger partial charge in [-0.05, 0) is 35.9 Å². The fraction of sp³-hybridized carbons (Fsp3) is 0.259. The maximum absolute atomic E-state index is 13.0. The zero-order valence-electron chi connectivity index (χ0n) is 19.1. The number of pyridine rings is 1. The lowest BCUT2D eigenvalue weighted by atomic mass is 10.1. The van der Waals surface area contributed by atoms with Crippen LogP contribution in [0.4, 0.5) is 0 Å². The monoisotopic (exact) mass is 457 g/mol. The molecule has 0 spiro atoms. The van der Waals surface area contributed by atoms with Crippen LogP contribution >= 0.6 is 0 Å². The molecular weight excluding hydrogens is 430 g/mol. The van der Waals surface area contributed by atoms with Crippen LogP contribution < -0.4 is 9.47 Å². The summed E-state index contributed by atoms with van der Waals surface area (Å²) in [5, 5.41) is 1.15. The molecule has 0 saturated carbocycles. The van der Waals surface area contributed by atoms with Crippen LogP contribution in [0.25, 0.3) is 10.9 Å². The molecule has 5 rings (SSSR count). The van der Waals surface area contributed by atoms with E-state index < -0.39 is 0 Å². The average Bonchev–Trinajstić information content (AvgIpc) is 3.37. The molecule has 0 bridgehead atoms. The van der Waals surface area contributed by atoms with Crippen LogP contribution in [0.1, 0.15) is 21.9 Å². The predicted molar refractivity (Wildman–Crippen MR) is 129 cm³/mol. The van der Waals surface area contributed by atoms with Gasteiger partial charge in [-0.1, -0.05) is 36.4 Å². The summed E-state index contributed by atoms with van der Waals surface area (Å²) in [6.45, 7) is 3.97. The Bertz CT molecular complexity index is 1270. The highest BCUT2D eigenvalue weighted by Gasteiger charge is 2.24. The molecule has 1 amide bonds. The highest BCUT2D eigenvalue weighted by molar-refractivity contribution is 5.91. The van der Waals surface area contributed by atoms with Gasteiger partial charge >= 0.3 is 0 Å². The molecule has 3 heterocycles. The predicted octanol–water partition coefficient (Wildman–Crippen LogP) is 4.37. The molecule has 1 saturated heterocycles. The zero-order chi connectivity index (χ0) is 23.3. The number of nitrogens with zero attached hydrogens (tertiary/aromatic N) is 3. The van der Waals surface area contributed by atoms with Crippen molar-refractivity contribution in [2.24, 2.45) is 0 Å². The van der Waals surface area contributed by atoms with Crippen LogP contribution in [0.2, 0.25) is 0 Å².